The number of carbonyl (C=O) groups is 1. The molecule has 21 heavy (non-hydrogen) atoms. The van der Waals surface area contributed by atoms with E-state index in [9.17, 15) is 4.79 Å². The minimum absolute atomic E-state index is 0.0715. The van der Waals surface area contributed by atoms with Crippen molar-refractivity contribution in [1.82, 2.24) is 15.1 Å². The second kappa shape index (κ2) is 7.70. The molecule has 0 aliphatic carbocycles. The zero-order chi connectivity index (χ0) is 15.4. The Kier molecular flexibility index (Phi) is 6.20. The number of rotatable bonds is 4. The van der Waals surface area contributed by atoms with Crippen LogP contribution in [0, 0.1) is 0 Å². The number of likely N-dealkylation sites (tertiary alicyclic amines) is 2. The highest BCUT2D eigenvalue weighted by atomic mass is 32.1. The third-order valence-corrected chi connectivity index (χ3v) is 4.61. The Hall–Kier alpha value is -0.460. The average Bonchev–Trinajstić information content (AvgIpc) is 2.87. The summed E-state index contributed by atoms with van der Waals surface area (Å²) in [4.78, 5) is 16.5. The first kappa shape index (κ1) is 16.9. The van der Waals surface area contributed by atoms with Crippen molar-refractivity contribution in [3.8, 4) is 0 Å². The van der Waals surface area contributed by atoms with Crippen LogP contribution in [0.15, 0.2) is 0 Å². The minimum atomic E-state index is 0.0715. The second-order valence-corrected chi connectivity index (χ2v) is 7.18. The van der Waals surface area contributed by atoms with Gasteiger partial charge in [0.25, 0.3) is 0 Å². The molecule has 2 saturated heterocycles. The van der Waals surface area contributed by atoms with Crippen LogP contribution in [-0.2, 0) is 4.74 Å². The molecule has 0 saturated carbocycles. The highest BCUT2D eigenvalue weighted by Crippen LogP contribution is 2.17. The molecule has 0 radical (unpaired) electrons. The molecular weight excluding hydrogens is 286 g/mol. The summed E-state index contributed by atoms with van der Waals surface area (Å²) in [6.45, 7) is 9.72. The highest BCUT2D eigenvalue weighted by molar-refractivity contribution is 7.80. The summed E-state index contributed by atoms with van der Waals surface area (Å²) in [5, 5.41) is 3.47. The van der Waals surface area contributed by atoms with Gasteiger partial charge in [-0.3, -0.25) is 4.90 Å². The molecule has 2 heterocycles. The van der Waals surface area contributed by atoms with Crippen molar-refractivity contribution >= 4 is 18.7 Å². The monoisotopic (exact) mass is 315 g/mol. The Morgan fingerprint density at radius 2 is 1.86 bits per heavy atom. The van der Waals surface area contributed by atoms with E-state index >= 15 is 0 Å². The fraction of sp³-hybridized carbons (Fsp3) is 0.933. The Labute approximate surface area is 133 Å². The number of hydrogen-bond acceptors (Lipinski definition) is 4. The minimum Gasteiger partial charge on any atom is -0.374 e. The SMILES string of the molecule is CC(C)OC1CCN(C(=O)NC2CCN(C(C)S)CC2)C1. The number of carbonyl (C=O) groups excluding carboxylic acids is 1. The third-order valence-electron chi connectivity index (χ3n) is 4.28. The normalized spacial score (nSPS) is 26.3. The standard InChI is InChI=1S/C15H29N3O2S/c1-11(2)20-14-6-9-18(10-14)15(19)16-13-4-7-17(8-5-13)12(3)21/h11-14,21H,4-10H2,1-3H3,(H,16,19). The van der Waals surface area contributed by atoms with Gasteiger partial charge >= 0.3 is 6.03 Å². The van der Waals surface area contributed by atoms with Crippen molar-refractivity contribution in [2.24, 2.45) is 0 Å². The van der Waals surface area contributed by atoms with Gasteiger partial charge < -0.3 is 15.0 Å². The van der Waals surface area contributed by atoms with E-state index in [0.717, 1.165) is 45.4 Å². The van der Waals surface area contributed by atoms with Gasteiger partial charge in [-0.15, -0.1) is 0 Å². The molecule has 1 N–H and O–H groups in total. The molecule has 2 unspecified atom stereocenters. The lowest BCUT2D eigenvalue weighted by molar-refractivity contribution is 0.0156. The molecule has 0 spiro atoms. The number of hydrogen-bond donors (Lipinski definition) is 2. The lowest BCUT2D eigenvalue weighted by Gasteiger charge is -2.35. The molecule has 2 rings (SSSR count). The van der Waals surface area contributed by atoms with Gasteiger partial charge in [0.05, 0.1) is 12.2 Å². The molecule has 2 amide bonds. The van der Waals surface area contributed by atoms with Gasteiger partial charge in [0.2, 0.25) is 0 Å². The van der Waals surface area contributed by atoms with Crippen LogP contribution in [0.25, 0.3) is 0 Å². The molecule has 6 heteroatoms. The van der Waals surface area contributed by atoms with Crippen LogP contribution in [0.5, 0.6) is 0 Å². The van der Waals surface area contributed by atoms with Crippen molar-refractivity contribution in [3.63, 3.8) is 0 Å². The van der Waals surface area contributed by atoms with Crippen LogP contribution in [0.4, 0.5) is 4.79 Å². The van der Waals surface area contributed by atoms with E-state index < -0.39 is 0 Å². The molecule has 0 aromatic rings. The summed E-state index contributed by atoms with van der Waals surface area (Å²) in [6, 6.07) is 0.369. The molecule has 2 aliphatic heterocycles. The average molecular weight is 315 g/mol. The van der Waals surface area contributed by atoms with E-state index in [2.05, 4.69) is 29.8 Å². The van der Waals surface area contributed by atoms with Crippen LogP contribution in [-0.4, -0.2) is 65.6 Å². The molecule has 5 nitrogen and oxygen atoms in total. The quantitative estimate of drug-likeness (QED) is 0.779. The van der Waals surface area contributed by atoms with Crippen LogP contribution in [0.3, 0.4) is 0 Å². The summed E-state index contributed by atoms with van der Waals surface area (Å²) >= 11 is 4.47. The maximum Gasteiger partial charge on any atom is 0.317 e. The van der Waals surface area contributed by atoms with Gasteiger partial charge in [0.1, 0.15) is 0 Å². The summed E-state index contributed by atoms with van der Waals surface area (Å²) in [6.07, 6.45) is 3.39. The molecule has 0 bridgehead atoms. The molecular formula is C15H29N3O2S. The number of nitrogens with zero attached hydrogens (tertiary/aromatic N) is 2. The smallest absolute Gasteiger partial charge is 0.317 e. The summed E-state index contributed by atoms with van der Waals surface area (Å²) in [5.74, 6) is 0. The molecule has 2 fully saturated rings. The van der Waals surface area contributed by atoms with E-state index in [1.165, 1.54) is 0 Å². The van der Waals surface area contributed by atoms with Crippen LogP contribution >= 0.6 is 12.6 Å². The number of urea groups is 1. The number of thiol groups is 1. The molecule has 0 aromatic heterocycles. The first-order chi connectivity index (χ1) is 9.95. The van der Waals surface area contributed by atoms with Crippen molar-refractivity contribution in [3.05, 3.63) is 0 Å². The van der Waals surface area contributed by atoms with Crippen LogP contribution < -0.4 is 5.32 Å². The highest BCUT2D eigenvalue weighted by Gasteiger charge is 2.29. The molecule has 2 aliphatic rings. The zero-order valence-corrected chi connectivity index (χ0v) is 14.3. The van der Waals surface area contributed by atoms with Gasteiger partial charge in [-0.05, 0) is 40.0 Å². The predicted octanol–water partition coefficient (Wildman–Crippen LogP) is 1.94. The summed E-state index contributed by atoms with van der Waals surface area (Å²) in [5.41, 5.74) is 0. The van der Waals surface area contributed by atoms with E-state index in [1.807, 2.05) is 18.7 Å². The molecule has 0 aromatic carbocycles. The van der Waals surface area contributed by atoms with E-state index in [0.29, 0.717) is 11.4 Å². The Balaban J connectivity index is 1.71. The Morgan fingerprint density at radius 3 is 2.43 bits per heavy atom. The van der Waals surface area contributed by atoms with Crippen molar-refractivity contribution in [2.75, 3.05) is 26.2 Å². The number of nitrogens with one attached hydrogen (secondary N) is 1. The summed E-state index contributed by atoms with van der Waals surface area (Å²) < 4.78 is 5.79. The van der Waals surface area contributed by atoms with Gasteiger partial charge in [0, 0.05) is 37.6 Å². The number of amides is 2. The maximum absolute atomic E-state index is 12.3. The van der Waals surface area contributed by atoms with Gasteiger partial charge in [-0.1, -0.05) is 0 Å². The topological polar surface area (TPSA) is 44.8 Å². The first-order valence-electron chi connectivity index (χ1n) is 8.08. The van der Waals surface area contributed by atoms with E-state index in [1.54, 1.807) is 0 Å². The van der Waals surface area contributed by atoms with Crippen molar-refractivity contribution < 1.29 is 9.53 Å². The van der Waals surface area contributed by atoms with Gasteiger partial charge in [-0.25, -0.2) is 4.79 Å². The van der Waals surface area contributed by atoms with Crippen molar-refractivity contribution in [2.45, 2.75) is 63.7 Å². The number of ether oxygens (including phenoxy) is 1. The fourth-order valence-electron chi connectivity index (χ4n) is 3.09. The molecule has 2 atom stereocenters. The van der Waals surface area contributed by atoms with Gasteiger partial charge in [0.15, 0.2) is 0 Å². The van der Waals surface area contributed by atoms with E-state index in [4.69, 9.17) is 4.74 Å². The van der Waals surface area contributed by atoms with Crippen molar-refractivity contribution in [1.29, 1.82) is 0 Å². The largest absolute Gasteiger partial charge is 0.374 e. The number of piperidine rings is 1. The summed E-state index contributed by atoms with van der Waals surface area (Å²) in [7, 11) is 0. The lowest BCUT2D eigenvalue weighted by Crippen LogP contribution is -2.49. The fourth-order valence-corrected chi connectivity index (χ4v) is 3.32. The lowest BCUT2D eigenvalue weighted by atomic mass is 10.1. The maximum atomic E-state index is 12.3. The van der Waals surface area contributed by atoms with Crippen LogP contribution in [0.2, 0.25) is 0 Å². The molecule has 122 valence electrons. The second-order valence-electron chi connectivity index (χ2n) is 6.43. The predicted molar refractivity (Wildman–Crippen MR) is 87.8 cm³/mol. The first-order valence-corrected chi connectivity index (χ1v) is 8.60. The third kappa shape index (κ3) is 5.04. The Bertz CT molecular complexity index is 344. The Morgan fingerprint density at radius 1 is 1.19 bits per heavy atom. The van der Waals surface area contributed by atoms with Gasteiger partial charge in [-0.2, -0.15) is 12.6 Å². The zero-order valence-electron chi connectivity index (χ0n) is 13.4. The van der Waals surface area contributed by atoms with Crippen LogP contribution in [0.1, 0.15) is 40.0 Å². The van der Waals surface area contributed by atoms with E-state index in [-0.39, 0.29) is 18.2 Å².